The summed E-state index contributed by atoms with van der Waals surface area (Å²) in [6, 6.07) is 0. The number of aliphatic carboxylic acids is 1. The molecule has 5 heteroatoms. The van der Waals surface area contributed by atoms with Crippen LogP contribution in [0.2, 0.25) is 0 Å². The zero-order valence-corrected chi connectivity index (χ0v) is 10.4. The summed E-state index contributed by atoms with van der Waals surface area (Å²) in [5.74, 6) is -1.47. The second kappa shape index (κ2) is 3.56. The highest BCUT2D eigenvalue weighted by Gasteiger charge is 2.65. The third kappa shape index (κ3) is 1.36. The Balaban J connectivity index is 1.93. The highest BCUT2D eigenvalue weighted by atomic mass is 16.4. The maximum Gasteiger partial charge on any atom is 0.330 e. The molecule has 2 unspecified atom stereocenters. The lowest BCUT2D eigenvalue weighted by Gasteiger charge is -2.42. The van der Waals surface area contributed by atoms with Gasteiger partial charge in [0.05, 0.1) is 11.8 Å². The Morgan fingerprint density at radius 3 is 2.17 bits per heavy atom. The number of carbonyl (C=O) groups excluding carboxylic acids is 2. The standard InChI is InChI=1S/C13H17NO4/c1-7-2-4-13(5-3-7,12(17)18)14-10(15)8-6-9(8)11(14)16/h7-9H,2-6H2,1H3,(H,17,18). The van der Waals surface area contributed by atoms with Crippen molar-refractivity contribution in [2.75, 3.05) is 0 Å². The predicted molar refractivity (Wildman–Crippen MR) is 61.4 cm³/mol. The summed E-state index contributed by atoms with van der Waals surface area (Å²) < 4.78 is 0. The number of carboxylic acids is 1. The number of hydrogen-bond donors (Lipinski definition) is 1. The second-order valence-corrected chi connectivity index (χ2v) is 5.98. The number of piperidine rings is 1. The first kappa shape index (κ1) is 11.7. The van der Waals surface area contributed by atoms with Gasteiger partial charge < -0.3 is 5.11 Å². The van der Waals surface area contributed by atoms with E-state index in [1.54, 1.807) is 0 Å². The van der Waals surface area contributed by atoms with E-state index in [0.717, 1.165) is 17.7 Å². The molecule has 5 nitrogen and oxygen atoms in total. The van der Waals surface area contributed by atoms with Crippen LogP contribution in [0.4, 0.5) is 0 Å². The van der Waals surface area contributed by atoms with Crippen LogP contribution >= 0.6 is 0 Å². The molecule has 2 aliphatic carbocycles. The number of imide groups is 1. The number of rotatable bonds is 2. The van der Waals surface area contributed by atoms with Crippen molar-refractivity contribution in [2.45, 2.75) is 44.6 Å². The molecule has 2 saturated carbocycles. The first-order valence-electron chi connectivity index (χ1n) is 6.58. The summed E-state index contributed by atoms with van der Waals surface area (Å²) in [4.78, 5) is 36.9. The van der Waals surface area contributed by atoms with E-state index in [4.69, 9.17) is 0 Å². The Kier molecular flexibility index (Phi) is 2.31. The van der Waals surface area contributed by atoms with Gasteiger partial charge >= 0.3 is 5.97 Å². The molecule has 0 aromatic heterocycles. The zero-order valence-electron chi connectivity index (χ0n) is 10.4. The van der Waals surface area contributed by atoms with Gasteiger partial charge in [-0.05, 0) is 38.0 Å². The Bertz CT molecular complexity index is 416. The fraction of sp³-hybridized carbons (Fsp3) is 0.769. The molecule has 0 aromatic rings. The lowest BCUT2D eigenvalue weighted by atomic mass is 9.76. The minimum atomic E-state index is -1.26. The van der Waals surface area contributed by atoms with Crippen LogP contribution in [0.5, 0.6) is 0 Å². The van der Waals surface area contributed by atoms with Crippen LogP contribution in [-0.4, -0.2) is 33.3 Å². The van der Waals surface area contributed by atoms with Crippen LogP contribution in [0, 0.1) is 17.8 Å². The van der Waals surface area contributed by atoms with Crippen molar-refractivity contribution in [1.29, 1.82) is 0 Å². The van der Waals surface area contributed by atoms with E-state index in [9.17, 15) is 19.5 Å². The third-order valence-electron chi connectivity index (χ3n) is 4.79. The average Bonchev–Trinajstić information content (AvgIpc) is 3.07. The van der Waals surface area contributed by atoms with E-state index in [2.05, 4.69) is 6.92 Å². The summed E-state index contributed by atoms with van der Waals surface area (Å²) in [7, 11) is 0. The van der Waals surface area contributed by atoms with Gasteiger partial charge in [-0.25, -0.2) is 4.79 Å². The Labute approximate surface area is 105 Å². The van der Waals surface area contributed by atoms with E-state index in [1.807, 2.05) is 0 Å². The van der Waals surface area contributed by atoms with Gasteiger partial charge in [0.2, 0.25) is 11.8 Å². The lowest BCUT2D eigenvalue weighted by molar-refractivity contribution is -0.167. The van der Waals surface area contributed by atoms with Crippen LogP contribution in [0.15, 0.2) is 0 Å². The smallest absolute Gasteiger partial charge is 0.330 e. The van der Waals surface area contributed by atoms with Gasteiger partial charge in [-0.2, -0.15) is 0 Å². The molecule has 1 aliphatic heterocycles. The number of amides is 2. The van der Waals surface area contributed by atoms with Crippen molar-refractivity contribution < 1.29 is 19.5 Å². The van der Waals surface area contributed by atoms with Crippen LogP contribution < -0.4 is 0 Å². The molecule has 0 aromatic carbocycles. The zero-order chi connectivity index (χ0) is 13.1. The molecule has 0 radical (unpaired) electrons. The fourth-order valence-corrected chi connectivity index (χ4v) is 3.38. The predicted octanol–water partition coefficient (Wildman–Crippen LogP) is 1.02. The van der Waals surface area contributed by atoms with Crippen LogP contribution in [0.25, 0.3) is 0 Å². The van der Waals surface area contributed by atoms with Crippen LogP contribution in [0.3, 0.4) is 0 Å². The molecule has 98 valence electrons. The minimum Gasteiger partial charge on any atom is -0.479 e. The first-order chi connectivity index (χ1) is 8.47. The van der Waals surface area contributed by atoms with Gasteiger partial charge in [-0.1, -0.05) is 6.92 Å². The third-order valence-corrected chi connectivity index (χ3v) is 4.79. The molecule has 18 heavy (non-hydrogen) atoms. The van der Waals surface area contributed by atoms with Gasteiger partial charge in [-0.15, -0.1) is 0 Å². The SMILES string of the molecule is CC1CCC(C(=O)O)(N2C(=O)C3CC3C2=O)CC1. The number of likely N-dealkylation sites (tertiary alicyclic amines) is 1. The molecular formula is C13H17NO4. The normalized spacial score (nSPS) is 42.9. The highest BCUT2D eigenvalue weighted by molar-refractivity contribution is 6.12. The van der Waals surface area contributed by atoms with Crippen molar-refractivity contribution in [3.05, 3.63) is 0 Å². The van der Waals surface area contributed by atoms with E-state index >= 15 is 0 Å². The maximum atomic E-state index is 12.1. The average molecular weight is 251 g/mol. The number of carboxylic acid groups (broad SMARTS) is 1. The molecule has 1 N–H and O–H groups in total. The maximum absolute atomic E-state index is 12.1. The summed E-state index contributed by atoms with van der Waals surface area (Å²) in [5.41, 5.74) is -1.26. The van der Waals surface area contributed by atoms with Crippen molar-refractivity contribution in [1.82, 2.24) is 4.90 Å². The molecule has 3 rings (SSSR count). The monoisotopic (exact) mass is 251 g/mol. The number of carbonyl (C=O) groups is 3. The van der Waals surface area contributed by atoms with E-state index < -0.39 is 11.5 Å². The van der Waals surface area contributed by atoms with E-state index in [-0.39, 0.29) is 23.7 Å². The molecule has 1 saturated heterocycles. The van der Waals surface area contributed by atoms with E-state index in [0.29, 0.717) is 25.2 Å². The van der Waals surface area contributed by atoms with Crippen molar-refractivity contribution in [3.63, 3.8) is 0 Å². The molecule has 2 amide bonds. The Morgan fingerprint density at radius 2 is 1.72 bits per heavy atom. The lowest BCUT2D eigenvalue weighted by Crippen LogP contribution is -2.59. The number of hydrogen-bond acceptors (Lipinski definition) is 3. The molecule has 3 fully saturated rings. The van der Waals surface area contributed by atoms with Crippen LogP contribution in [-0.2, 0) is 14.4 Å². The van der Waals surface area contributed by atoms with Crippen molar-refractivity contribution >= 4 is 17.8 Å². The summed E-state index contributed by atoms with van der Waals surface area (Å²) in [6.07, 6.45) is 2.96. The Hall–Kier alpha value is -1.39. The summed E-state index contributed by atoms with van der Waals surface area (Å²) >= 11 is 0. The highest BCUT2D eigenvalue weighted by Crippen LogP contribution is 2.51. The van der Waals surface area contributed by atoms with E-state index in [1.165, 1.54) is 0 Å². The van der Waals surface area contributed by atoms with Gasteiger partial charge in [0, 0.05) is 0 Å². The van der Waals surface area contributed by atoms with Gasteiger partial charge in [0.25, 0.3) is 0 Å². The molecule has 0 bridgehead atoms. The molecule has 2 atom stereocenters. The number of nitrogens with zero attached hydrogens (tertiary/aromatic N) is 1. The molecule has 1 heterocycles. The van der Waals surface area contributed by atoms with Crippen molar-refractivity contribution in [3.8, 4) is 0 Å². The van der Waals surface area contributed by atoms with Gasteiger partial charge in [0.1, 0.15) is 5.54 Å². The molecule has 0 spiro atoms. The van der Waals surface area contributed by atoms with Gasteiger partial charge in [0.15, 0.2) is 0 Å². The quantitative estimate of drug-likeness (QED) is 0.744. The first-order valence-corrected chi connectivity index (χ1v) is 6.58. The topological polar surface area (TPSA) is 74.7 Å². The fourth-order valence-electron chi connectivity index (χ4n) is 3.38. The van der Waals surface area contributed by atoms with Crippen LogP contribution in [0.1, 0.15) is 39.0 Å². The molecular weight excluding hydrogens is 234 g/mol. The van der Waals surface area contributed by atoms with Crippen molar-refractivity contribution in [2.24, 2.45) is 17.8 Å². The second-order valence-electron chi connectivity index (χ2n) is 5.98. The summed E-state index contributed by atoms with van der Waals surface area (Å²) in [6.45, 7) is 2.08. The summed E-state index contributed by atoms with van der Waals surface area (Å²) in [5, 5.41) is 9.53. The van der Waals surface area contributed by atoms with Gasteiger partial charge in [-0.3, -0.25) is 14.5 Å². The minimum absolute atomic E-state index is 0.215. The largest absolute Gasteiger partial charge is 0.479 e. The molecule has 3 aliphatic rings. The Morgan fingerprint density at radius 1 is 1.22 bits per heavy atom. The number of fused-ring (bicyclic) bond motifs is 1.